The summed E-state index contributed by atoms with van der Waals surface area (Å²) in [5.41, 5.74) is 4.00. The minimum atomic E-state index is -0.450. The van der Waals surface area contributed by atoms with Gasteiger partial charge in [0.15, 0.2) is 17.8 Å². The second kappa shape index (κ2) is 9.79. The Morgan fingerprint density at radius 3 is 2.19 bits per heavy atom. The smallest absolute Gasteiger partial charge is 0.271 e. The van der Waals surface area contributed by atoms with E-state index in [1.54, 1.807) is 18.2 Å². The van der Waals surface area contributed by atoms with Crippen LogP contribution in [-0.2, 0) is 0 Å². The fraction of sp³-hybridized carbons (Fsp3) is 0.0345. The highest BCUT2D eigenvalue weighted by Gasteiger charge is 2.25. The number of aromatic hydroxyl groups is 1. The van der Waals surface area contributed by atoms with Gasteiger partial charge in [-0.1, -0.05) is 66.7 Å². The molecule has 8 heteroatoms. The summed E-state index contributed by atoms with van der Waals surface area (Å²) in [7, 11) is 1.39. The first-order valence-electron chi connectivity index (χ1n) is 11.4. The Morgan fingerprint density at radius 1 is 0.892 bits per heavy atom. The van der Waals surface area contributed by atoms with Crippen molar-refractivity contribution in [1.29, 1.82) is 0 Å². The number of carbonyl (C=O) groups excluding carboxylic acids is 1. The number of nitro groups is 1. The van der Waals surface area contributed by atoms with Gasteiger partial charge in [-0.25, -0.2) is 4.98 Å². The largest absolute Gasteiger partial charge is 0.504 e. The molecule has 0 bridgehead atoms. The van der Waals surface area contributed by atoms with E-state index < -0.39 is 4.92 Å². The lowest BCUT2D eigenvalue weighted by Crippen LogP contribution is -2.02. The SMILES string of the molecule is COc1cc(-c2nc(-c3ccccc3)c(-c3ccccc3)n2-c2cccc([N+](=O)[O-])c2)cc(C=O)c1O. The highest BCUT2D eigenvalue weighted by Crippen LogP contribution is 2.41. The van der Waals surface area contributed by atoms with Crippen molar-refractivity contribution in [3.05, 3.63) is 113 Å². The molecular formula is C29H21N3O5. The van der Waals surface area contributed by atoms with Gasteiger partial charge in [0.1, 0.15) is 5.82 Å². The number of hydrogen-bond acceptors (Lipinski definition) is 6. The molecule has 0 aliphatic carbocycles. The average Bonchev–Trinajstić information content (AvgIpc) is 3.35. The average molecular weight is 492 g/mol. The molecule has 8 nitrogen and oxygen atoms in total. The second-order valence-corrected chi connectivity index (χ2v) is 8.21. The third-order valence-corrected chi connectivity index (χ3v) is 5.98. The van der Waals surface area contributed by atoms with Crippen LogP contribution in [0.1, 0.15) is 10.4 Å². The van der Waals surface area contributed by atoms with E-state index in [0.717, 1.165) is 11.1 Å². The zero-order valence-electron chi connectivity index (χ0n) is 19.7. The highest BCUT2D eigenvalue weighted by atomic mass is 16.6. The Hall–Kier alpha value is -5.24. The van der Waals surface area contributed by atoms with Gasteiger partial charge in [-0.2, -0.15) is 0 Å². The van der Waals surface area contributed by atoms with Gasteiger partial charge < -0.3 is 9.84 Å². The molecule has 0 aliphatic rings. The summed E-state index contributed by atoms with van der Waals surface area (Å²) < 4.78 is 7.14. The number of carbonyl (C=O) groups is 1. The van der Waals surface area contributed by atoms with Crippen LogP contribution >= 0.6 is 0 Å². The van der Waals surface area contributed by atoms with Crippen molar-refractivity contribution in [3.63, 3.8) is 0 Å². The van der Waals surface area contributed by atoms with Gasteiger partial charge in [0, 0.05) is 28.8 Å². The number of non-ortho nitro benzene ring substituents is 1. The Kier molecular flexibility index (Phi) is 6.22. The number of phenolic OH excluding ortho intramolecular Hbond substituents is 1. The van der Waals surface area contributed by atoms with Gasteiger partial charge >= 0.3 is 0 Å². The van der Waals surface area contributed by atoms with Crippen molar-refractivity contribution < 1.29 is 19.6 Å². The lowest BCUT2D eigenvalue weighted by atomic mass is 10.0. The summed E-state index contributed by atoms with van der Waals surface area (Å²) in [5.74, 6) is 0.247. The van der Waals surface area contributed by atoms with Gasteiger partial charge in [-0.15, -0.1) is 0 Å². The number of nitro benzene ring substituents is 1. The van der Waals surface area contributed by atoms with Crippen LogP contribution < -0.4 is 4.74 Å². The van der Waals surface area contributed by atoms with Crippen LogP contribution in [0.4, 0.5) is 5.69 Å². The third-order valence-electron chi connectivity index (χ3n) is 5.98. The first-order chi connectivity index (χ1) is 18.0. The number of rotatable bonds is 7. The summed E-state index contributed by atoms with van der Waals surface area (Å²) in [5, 5.41) is 22.0. The Morgan fingerprint density at radius 2 is 1.57 bits per heavy atom. The van der Waals surface area contributed by atoms with E-state index in [-0.39, 0.29) is 22.7 Å². The molecule has 0 saturated heterocycles. The molecule has 0 atom stereocenters. The molecule has 0 saturated carbocycles. The quantitative estimate of drug-likeness (QED) is 0.162. The Balaban J connectivity index is 1.92. The lowest BCUT2D eigenvalue weighted by molar-refractivity contribution is -0.384. The second-order valence-electron chi connectivity index (χ2n) is 8.21. The minimum Gasteiger partial charge on any atom is -0.504 e. The number of imidazole rings is 1. The van der Waals surface area contributed by atoms with Gasteiger partial charge in [0.2, 0.25) is 0 Å². The first kappa shape index (κ1) is 23.5. The highest BCUT2D eigenvalue weighted by molar-refractivity contribution is 5.88. The molecule has 1 heterocycles. The molecule has 0 amide bonds. The molecule has 0 fully saturated rings. The molecule has 0 radical (unpaired) electrons. The molecule has 1 N–H and O–H groups in total. The van der Waals surface area contributed by atoms with E-state index >= 15 is 0 Å². The van der Waals surface area contributed by atoms with E-state index in [4.69, 9.17) is 9.72 Å². The summed E-state index contributed by atoms with van der Waals surface area (Å²) >= 11 is 0. The number of aromatic nitrogens is 2. The van der Waals surface area contributed by atoms with Gasteiger partial charge in [-0.3, -0.25) is 19.5 Å². The normalized spacial score (nSPS) is 10.7. The summed E-state index contributed by atoms with van der Waals surface area (Å²) in [6.45, 7) is 0. The van der Waals surface area contributed by atoms with Crippen molar-refractivity contribution >= 4 is 12.0 Å². The molecule has 182 valence electrons. The first-order valence-corrected chi connectivity index (χ1v) is 11.4. The maximum Gasteiger partial charge on any atom is 0.271 e. The van der Waals surface area contributed by atoms with Crippen LogP contribution in [0.2, 0.25) is 0 Å². The van der Waals surface area contributed by atoms with Crippen molar-refractivity contribution in [3.8, 4) is 51.1 Å². The Labute approximate surface area is 212 Å². The van der Waals surface area contributed by atoms with Crippen molar-refractivity contribution in [2.45, 2.75) is 0 Å². The fourth-order valence-corrected chi connectivity index (χ4v) is 4.27. The zero-order chi connectivity index (χ0) is 25.9. The lowest BCUT2D eigenvalue weighted by Gasteiger charge is -2.15. The summed E-state index contributed by atoms with van der Waals surface area (Å²) in [6.07, 6.45) is 0.540. The standard InChI is InChI=1S/C29H21N3O5/c1-37-25-16-21(15-22(18-33)28(25)34)29-30-26(19-9-4-2-5-10-19)27(20-11-6-3-7-12-20)31(29)23-13-8-14-24(17-23)32(35)36/h2-18,34H,1H3. The van der Waals surface area contributed by atoms with Gasteiger partial charge in [-0.05, 0) is 18.2 Å². The van der Waals surface area contributed by atoms with Crippen LogP contribution in [0.5, 0.6) is 11.5 Å². The summed E-state index contributed by atoms with van der Waals surface area (Å²) in [4.78, 5) is 27.9. The Bertz CT molecular complexity index is 1610. The van der Waals surface area contributed by atoms with Crippen LogP contribution in [0.25, 0.3) is 39.6 Å². The fourth-order valence-electron chi connectivity index (χ4n) is 4.27. The number of nitrogens with zero attached hydrogens (tertiary/aromatic N) is 3. The van der Waals surface area contributed by atoms with E-state index in [9.17, 15) is 20.0 Å². The number of methoxy groups -OCH3 is 1. The number of benzene rings is 4. The number of hydrogen-bond donors (Lipinski definition) is 1. The molecule has 5 rings (SSSR count). The molecule has 0 spiro atoms. The van der Waals surface area contributed by atoms with Crippen LogP contribution in [0.3, 0.4) is 0 Å². The van der Waals surface area contributed by atoms with E-state index in [0.29, 0.717) is 34.7 Å². The van der Waals surface area contributed by atoms with Gasteiger partial charge in [0.05, 0.1) is 34.7 Å². The van der Waals surface area contributed by atoms with Crippen molar-refractivity contribution in [1.82, 2.24) is 9.55 Å². The van der Waals surface area contributed by atoms with E-state index in [1.165, 1.54) is 25.3 Å². The minimum absolute atomic E-state index is 0.0328. The van der Waals surface area contributed by atoms with E-state index in [2.05, 4.69) is 0 Å². The van der Waals surface area contributed by atoms with Crippen molar-refractivity contribution in [2.24, 2.45) is 0 Å². The molecular weight excluding hydrogens is 470 g/mol. The van der Waals surface area contributed by atoms with Crippen LogP contribution in [-0.4, -0.2) is 33.0 Å². The maximum absolute atomic E-state index is 11.8. The molecule has 37 heavy (non-hydrogen) atoms. The monoisotopic (exact) mass is 491 g/mol. The predicted octanol–water partition coefficient (Wildman–Crippen LogP) is 6.31. The molecule has 4 aromatic carbocycles. The molecule has 1 aromatic heterocycles. The van der Waals surface area contributed by atoms with Crippen LogP contribution in [0, 0.1) is 10.1 Å². The maximum atomic E-state index is 11.8. The topological polar surface area (TPSA) is 107 Å². The van der Waals surface area contributed by atoms with Crippen LogP contribution in [0.15, 0.2) is 97.1 Å². The molecule has 0 aliphatic heterocycles. The van der Waals surface area contributed by atoms with E-state index in [1.807, 2.05) is 65.2 Å². The number of aldehydes is 1. The molecule has 5 aromatic rings. The number of phenols is 1. The third kappa shape index (κ3) is 4.32. The predicted molar refractivity (Wildman–Crippen MR) is 140 cm³/mol. The van der Waals surface area contributed by atoms with Crippen molar-refractivity contribution in [2.75, 3.05) is 7.11 Å². The number of ether oxygens (including phenoxy) is 1. The summed E-state index contributed by atoms with van der Waals surface area (Å²) in [6, 6.07) is 28.6. The zero-order valence-corrected chi connectivity index (χ0v) is 19.7. The molecule has 0 unspecified atom stereocenters. The van der Waals surface area contributed by atoms with Gasteiger partial charge in [0.25, 0.3) is 5.69 Å².